The standard InChI is InChI=1S/C11H11ClN2O3/c1-6-3-2-4-8(9(6)12)14-10(16)7(5-15)13-11(14)17/h2-4,7,15H,5H2,1H3,(H,13,17). The molecule has 0 spiro atoms. The number of amides is 3. The summed E-state index contributed by atoms with van der Waals surface area (Å²) in [6.45, 7) is 1.36. The molecule has 1 fully saturated rings. The highest BCUT2D eigenvalue weighted by Crippen LogP contribution is 2.30. The van der Waals surface area contributed by atoms with Crippen molar-refractivity contribution in [2.45, 2.75) is 13.0 Å². The Balaban J connectivity index is 2.44. The van der Waals surface area contributed by atoms with Crippen LogP contribution in [0.25, 0.3) is 0 Å². The van der Waals surface area contributed by atoms with E-state index in [1.165, 1.54) is 0 Å². The van der Waals surface area contributed by atoms with Gasteiger partial charge in [0.05, 0.1) is 17.3 Å². The summed E-state index contributed by atoms with van der Waals surface area (Å²) < 4.78 is 0. The van der Waals surface area contributed by atoms with Crippen molar-refractivity contribution in [2.24, 2.45) is 0 Å². The van der Waals surface area contributed by atoms with Gasteiger partial charge in [0.1, 0.15) is 6.04 Å². The summed E-state index contributed by atoms with van der Waals surface area (Å²) in [7, 11) is 0. The van der Waals surface area contributed by atoms with Crippen molar-refractivity contribution in [3.63, 3.8) is 0 Å². The van der Waals surface area contributed by atoms with Gasteiger partial charge in [-0.3, -0.25) is 4.79 Å². The molecule has 17 heavy (non-hydrogen) atoms. The van der Waals surface area contributed by atoms with Gasteiger partial charge in [-0.15, -0.1) is 0 Å². The van der Waals surface area contributed by atoms with E-state index in [2.05, 4.69) is 5.32 Å². The molecule has 0 bridgehead atoms. The summed E-state index contributed by atoms with van der Waals surface area (Å²) in [5.41, 5.74) is 1.11. The highest BCUT2D eigenvalue weighted by Gasteiger charge is 2.39. The number of carbonyl (C=O) groups excluding carboxylic acids is 2. The van der Waals surface area contributed by atoms with E-state index in [-0.39, 0.29) is 0 Å². The number of carbonyl (C=O) groups is 2. The van der Waals surface area contributed by atoms with E-state index in [0.29, 0.717) is 10.7 Å². The van der Waals surface area contributed by atoms with Gasteiger partial charge in [0.15, 0.2) is 0 Å². The minimum absolute atomic E-state index is 0.338. The van der Waals surface area contributed by atoms with Gasteiger partial charge in [-0.25, -0.2) is 9.69 Å². The maximum absolute atomic E-state index is 11.8. The Morgan fingerprint density at radius 3 is 2.76 bits per heavy atom. The monoisotopic (exact) mass is 254 g/mol. The number of aryl methyl sites for hydroxylation is 1. The van der Waals surface area contributed by atoms with Gasteiger partial charge in [-0.05, 0) is 18.6 Å². The third-order valence-electron chi connectivity index (χ3n) is 2.61. The van der Waals surface area contributed by atoms with Gasteiger partial charge < -0.3 is 10.4 Å². The summed E-state index contributed by atoms with van der Waals surface area (Å²) in [5, 5.41) is 11.7. The van der Waals surface area contributed by atoms with E-state index >= 15 is 0 Å². The Kier molecular flexibility index (Phi) is 3.04. The van der Waals surface area contributed by atoms with Crippen LogP contribution < -0.4 is 10.2 Å². The van der Waals surface area contributed by atoms with E-state index in [9.17, 15) is 9.59 Å². The first-order chi connectivity index (χ1) is 8.06. The van der Waals surface area contributed by atoms with Gasteiger partial charge >= 0.3 is 6.03 Å². The smallest absolute Gasteiger partial charge is 0.329 e. The Morgan fingerprint density at radius 2 is 2.18 bits per heavy atom. The number of imide groups is 1. The highest BCUT2D eigenvalue weighted by atomic mass is 35.5. The molecule has 1 aromatic rings. The lowest BCUT2D eigenvalue weighted by molar-refractivity contribution is -0.119. The summed E-state index contributed by atoms with van der Waals surface area (Å²) in [4.78, 5) is 24.4. The van der Waals surface area contributed by atoms with Gasteiger partial charge in [0, 0.05) is 0 Å². The molecule has 1 atom stereocenters. The van der Waals surface area contributed by atoms with Crippen LogP contribution in [-0.4, -0.2) is 29.7 Å². The number of urea groups is 1. The summed E-state index contributed by atoms with van der Waals surface area (Å²) in [6, 6.07) is 3.63. The van der Waals surface area contributed by atoms with Gasteiger partial charge in [0.25, 0.3) is 5.91 Å². The Morgan fingerprint density at radius 1 is 1.47 bits per heavy atom. The molecule has 0 radical (unpaired) electrons. The maximum atomic E-state index is 11.8. The van der Waals surface area contributed by atoms with E-state index in [4.69, 9.17) is 16.7 Å². The summed E-state index contributed by atoms with van der Waals surface area (Å²) >= 11 is 6.06. The van der Waals surface area contributed by atoms with Crippen LogP contribution in [0.2, 0.25) is 5.02 Å². The number of nitrogens with zero attached hydrogens (tertiary/aromatic N) is 1. The number of anilines is 1. The fourth-order valence-corrected chi connectivity index (χ4v) is 1.90. The quantitative estimate of drug-likeness (QED) is 0.776. The molecule has 0 aliphatic carbocycles. The average Bonchev–Trinajstić information content (AvgIpc) is 2.58. The molecular weight excluding hydrogens is 244 g/mol. The number of benzene rings is 1. The topological polar surface area (TPSA) is 69.6 Å². The minimum atomic E-state index is -0.890. The highest BCUT2D eigenvalue weighted by molar-refractivity contribution is 6.36. The van der Waals surface area contributed by atoms with Gasteiger partial charge in [0.2, 0.25) is 0 Å². The van der Waals surface area contributed by atoms with E-state index < -0.39 is 24.6 Å². The molecule has 6 heteroatoms. The molecule has 1 aliphatic rings. The number of nitrogens with one attached hydrogen (secondary N) is 1. The van der Waals surface area contributed by atoms with Crippen molar-refractivity contribution in [3.8, 4) is 0 Å². The lowest BCUT2D eigenvalue weighted by Gasteiger charge is -2.15. The summed E-state index contributed by atoms with van der Waals surface area (Å²) in [6.07, 6.45) is 0. The molecule has 1 aliphatic heterocycles. The molecule has 90 valence electrons. The minimum Gasteiger partial charge on any atom is -0.394 e. The van der Waals surface area contributed by atoms with E-state index in [1.54, 1.807) is 25.1 Å². The van der Waals surface area contributed by atoms with Crippen LogP contribution in [0, 0.1) is 6.92 Å². The van der Waals surface area contributed by atoms with Crippen LogP contribution in [0.3, 0.4) is 0 Å². The predicted octanol–water partition coefficient (Wildman–Crippen LogP) is 1.07. The third-order valence-corrected chi connectivity index (χ3v) is 3.11. The average molecular weight is 255 g/mol. The number of aliphatic hydroxyl groups excluding tert-OH is 1. The molecule has 1 heterocycles. The lowest BCUT2D eigenvalue weighted by atomic mass is 10.2. The normalized spacial score (nSPS) is 19.7. The van der Waals surface area contributed by atoms with Crippen LogP contribution in [-0.2, 0) is 4.79 Å². The van der Waals surface area contributed by atoms with Crippen LogP contribution in [0.1, 0.15) is 5.56 Å². The van der Waals surface area contributed by atoms with Crippen molar-refractivity contribution in [1.29, 1.82) is 0 Å². The first-order valence-electron chi connectivity index (χ1n) is 5.06. The second-order valence-corrected chi connectivity index (χ2v) is 4.14. The van der Waals surface area contributed by atoms with E-state index in [1.807, 2.05) is 0 Å². The lowest BCUT2D eigenvalue weighted by Crippen LogP contribution is -2.33. The van der Waals surface area contributed by atoms with Crippen molar-refractivity contribution >= 4 is 29.2 Å². The third kappa shape index (κ3) is 1.87. The molecule has 0 aromatic heterocycles. The molecule has 2 rings (SSSR count). The zero-order valence-corrected chi connectivity index (χ0v) is 9.86. The fraction of sp³-hybridized carbons (Fsp3) is 0.273. The first kappa shape index (κ1) is 11.9. The number of hydrogen-bond acceptors (Lipinski definition) is 3. The van der Waals surface area contributed by atoms with Crippen molar-refractivity contribution in [3.05, 3.63) is 28.8 Å². The Labute approximate surface area is 103 Å². The zero-order valence-electron chi connectivity index (χ0n) is 9.11. The molecule has 1 unspecified atom stereocenters. The Bertz CT molecular complexity index is 490. The molecular formula is C11H11ClN2O3. The zero-order chi connectivity index (χ0) is 12.6. The van der Waals surface area contributed by atoms with Gasteiger partial charge in [-0.1, -0.05) is 23.7 Å². The van der Waals surface area contributed by atoms with Crippen molar-refractivity contribution in [1.82, 2.24) is 5.32 Å². The molecule has 1 aromatic carbocycles. The van der Waals surface area contributed by atoms with Crippen LogP contribution in [0.15, 0.2) is 18.2 Å². The van der Waals surface area contributed by atoms with Crippen LogP contribution in [0.5, 0.6) is 0 Å². The molecule has 2 N–H and O–H groups in total. The number of rotatable bonds is 2. The number of halogens is 1. The molecule has 3 amide bonds. The largest absolute Gasteiger partial charge is 0.394 e. The summed E-state index contributed by atoms with van der Waals surface area (Å²) in [5.74, 6) is -0.495. The van der Waals surface area contributed by atoms with Gasteiger partial charge in [-0.2, -0.15) is 0 Å². The predicted molar refractivity (Wildman–Crippen MR) is 63.1 cm³/mol. The molecule has 5 nitrogen and oxygen atoms in total. The van der Waals surface area contributed by atoms with Crippen LogP contribution in [0.4, 0.5) is 10.5 Å². The number of aliphatic hydroxyl groups is 1. The second-order valence-electron chi connectivity index (χ2n) is 3.77. The first-order valence-corrected chi connectivity index (χ1v) is 5.44. The molecule has 1 saturated heterocycles. The Hall–Kier alpha value is -1.59. The molecule has 0 saturated carbocycles. The van der Waals surface area contributed by atoms with E-state index in [0.717, 1.165) is 10.5 Å². The van der Waals surface area contributed by atoms with Crippen molar-refractivity contribution in [2.75, 3.05) is 11.5 Å². The fourth-order valence-electron chi connectivity index (χ4n) is 1.69. The maximum Gasteiger partial charge on any atom is 0.329 e. The number of hydrogen-bond donors (Lipinski definition) is 2. The van der Waals surface area contributed by atoms with Crippen LogP contribution >= 0.6 is 11.6 Å². The SMILES string of the molecule is Cc1cccc(N2C(=O)NC(CO)C2=O)c1Cl. The van der Waals surface area contributed by atoms with Crippen molar-refractivity contribution < 1.29 is 14.7 Å². The second kappa shape index (κ2) is 4.35.